The van der Waals surface area contributed by atoms with Crippen molar-refractivity contribution >= 4 is 17.4 Å². The SMILES string of the molecule is Cc1cc(C(F)F)ccc1C(=O)C(C)Cl. The molecule has 0 heterocycles. The molecule has 0 spiro atoms. The van der Waals surface area contributed by atoms with Crippen LogP contribution in [0.5, 0.6) is 0 Å². The number of hydrogen-bond donors (Lipinski definition) is 0. The van der Waals surface area contributed by atoms with E-state index >= 15 is 0 Å². The van der Waals surface area contributed by atoms with Gasteiger partial charge in [0.2, 0.25) is 0 Å². The second-order valence-electron chi connectivity index (χ2n) is 3.36. The van der Waals surface area contributed by atoms with E-state index in [2.05, 4.69) is 0 Å². The summed E-state index contributed by atoms with van der Waals surface area (Å²) >= 11 is 5.64. The quantitative estimate of drug-likeness (QED) is 0.573. The first-order valence-electron chi connectivity index (χ1n) is 4.50. The molecule has 0 saturated heterocycles. The lowest BCUT2D eigenvalue weighted by Gasteiger charge is -2.08. The predicted molar refractivity (Wildman–Crippen MR) is 55.8 cm³/mol. The van der Waals surface area contributed by atoms with Crippen molar-refractivity contribution in [3.63, 3.8) is 0 Å². The number of halogens is 3. The Labute approximate surface area is 92.1 Å². The van der Waals surface area contributed by atoms with Gasteiger partial charge in [-0.15, -0.1) is 11.6 Å². The minimum atomic E-state index is -2.51. The fourth-order valence-electron chi connectivity index (χ4n) is 1.31. The van der Waals surface area contributed by atoms with Crippen LogP contribution in [0, 0.1) is 6.92 Å². The fraction of sp³-hybridized carbons (Fsp3) is 0.364. The Morgan fingerprint density at radius 3 is 2.40 bits per heavy atom. The van der Waals surface area contributed by atoms with Gasteiger partial charge in [0, 0.05) is 11.1 Å². The lowest BCUT2D eigenvalue weighted by atomic mass is 10.0. The van der Waals surface area contributed by atoms with Crippen molar-refractivity contribution in [2.75, 3.05) is 0 Å². The van der Waals surface area contributed by atoms with Crippen molar-refractivity contribution in [2.24, 2.45) is 0 Å². The number of carbonyl (C=O) groups excluding carboxylic acids is 1. The van der Waals surface area contributed by atoms with Crippen molar-refractivity contribution in [2.45, 2.75) is 25.7 Å². The second kappa shape index (κ2) is 4.71. The first-order valence-corrected chi connectivity index (χ1v) is 4.94. The lowest BCUT2D eigenvalue weighted by molar-refractivity contribution is 0.0990. The number of alkyl halides is 3. The maximum atomic E-state index is 12.3. The molecule has 15 heavy (non-hydrogen) atoms. The molecule has 1 aromatic rings. The van der Waals surface area contributed by atoms with Crippen LogP contribution in [0.3, 0.4) is 0 Å². The Bertz CT molecular complexity index is 375. The van der Waals surface area contributed by atoms with E-state index in [0.29, 0.717) is 11.1 Å². The third kappa shape index (κ3) is 2.75. The van der Waals surface area contributed by atoms with Crippen molar-refractivity contribution in [1.82, 2.24) is 0 Å². The molecule has 1 nitrogen and oxygen atoms in total. The van der Waals surface area contributed by atoms with Crippen LogP contribution in [-0.2, 0) is 0 Å². The number of hydrogen-bond acceptors (Lipinski definition) is 1. The number of benzene rings is 1. The molecular formula is C11H11ClF2O. The highest BCUT2D eigenvalue weighted by Crippen LogP contribution is 2.22. The van der Waals surface area contributed by atoms with Gasteiger partial charge in [-0.2, -0.15) is 0 Å². The minimum Gasteiger partial charge on any atom is -0.293 e. The van der Waals surface area contributed by atoms with Crippen molar-refractivity contribution < 1.29 is 13.6 Å². The molecule has 0 fully saturated rings. The minimum absolute atomic E-state index is 0.0775. The summed E-state index contributed by atoms with van der Waals surface area (Å²) in [7, 11) is 0. The molecule has 0 amide bonds. The summed E-state index contributed by atoms with van der Waals surface area (Å²) in [5.74, 6) is -0.241. The molecule has 1 atom stereocenters. The Balaban J connectivity index is 3.08. The predicted octanol–water partition coefficient (Wildman–Crippen LogP) is 3.74. The molecular weight excluding hydrogens is 222 g/mol. The highest BCUT2D eigenvalue weighted by molar-refractivity contribution is 6.33. The number of Topliss-reactive ketones (excluding diaryl/α,β-unsaturated/α-hetero) is 1. The maximum absolute atomic E-state index is 12.3. The third-order valence-electron chi connectivity index (χ3n) is 2.13. The number of ketones is 1. The van der Waals surface area contributed by atoms with Crippen LogP contribution in [-0.4, -0.2) is 11.2 Å². The van der Waals surface area contributed by atoms with Crippen molar-refractivity contribution in [1.29, 1.82) is 0 Å². The Morgan fingerprint density at radius 2 is 2.00 bits per heavy atom. The van der Waals surface area contributed by atoms with Crippen molar-refractivity contribution in [3.8, 4) is 0 Å². The molecule has 1 rings (SSSR count). The van der Waals surface area contributed by atoms with Gasteiger partial charge in [0.25, 0.3) is 6.43 Å². The van der Waals surface area contributed by atoms with Gasteiger partial charge < -0.3 is 0 Å². The zero-order valence-corrected chi connectivity index (χ0v) is 9.18. The summed E-state index contributed by atoms with van der Waals surface area (Å²) in [5, 5.41) is -0.638. The second-order valence-corrected chi connectivity index (χ2v) is 4.01. The topological polar surface area (TPSA) is 17.1 Å². The van der Waals surface area contributed by atoms with Crippen LogP contribution in [0.4, 0.5) is 8.78 Å². The van der Waals surface area contributed by atoms with E-state index in [-0.39, 0.29) is 11.3 Å². The largest absolute Gasteiger partial charge is 0.293 e. The molecule has 1 aromatic carbocycles. The average Bonchev–Trinajstić information content (AvgIpc) is 2.16. The van der Waals surface area contributed by atoms with E-state index in [9.17, 15) is 13.6 Å². The summed E-state index contributed by atoms with van der Waals surface area (Å²) in [4.78, 5) is 11.5. The third-order valence-corrected chi connectivity index (χ3v) is 2.33. The number of aryl methyl sites for hydroxylation is 1. The molecule has 0 aliphatic rings. The van der Waals surface area contributed by atoms with Crippen LogP contribution in [0.25, 0.3) is 0 Å². The molecule has 0 aromatic heterocycles. The molecule has 0 radical (unpaired) electrons. The average molecular weight is 233 g/mol. The molecule has 0 saturated carbocycles. The number of rotatable bonds is 3. The zero-order chi connectivity index (χ0) is 11.6. The normalized spacial score (nSPS) is 12.9. The smallest absolute Gasteiger partial charge is 0.263 e. The fourth-order valence-corrected chi connectivity index (χ4v) is 1.43. The molecule has 4 heteroatoms. The molecule has 0 N–H and O–H groups in total. The van der Waals surface area contributed by atoms with Crippen LogP contribution in [0.2, 0.25) is 0 Å². The van der Waals surface area contributed by atoms with Crippen molar-refractivity contribution in [3.05, 3.63) is 34.9 Å². The number of carbonyl (C=O) groups is 1. The lowest BCUT2D eigenvalue weighted by Crippen LogP contribution is -2.12. The standard InChI is InChI=1S/C11H11ClF2O/c1-6-5-8(11(13)14)3-4-9(6)10(15)7(2)12/h3-5,7,11H,1-2H3. The van der Waals surface area contributed by atoms with Gasteiger partial charge >= 0.3 is 0 Å². The molecule has 1 unspecified atom stereocenters. The van der Waals surface area contributed by atoms with Gasteiger partial charge in [-0.3, -0.25) is 4.79 Å². The first-order chi connectivity index (χ1) is 6.93. The van der Waals surface area contributed by atoms with E-state index in [1.165, 1.54) is 18.2 Å². The van der Waals surface area contributed by atoms with Gasteiger partial charge in [-0.25, -0.2) is 8.78 Å². The first kappa shape index (κ1) is 12.1. The Kier molecular flexibility index (Phi) is 3.80. The van der Waals surface area contributed by atoms with Crippen LogP contribution in [0.1, 0.15) is 34.8 Å². The van der Waals surface area contributed by atoms with E-state index in [1.807, 2.05) is 0 Å². The summed E-state index contributed by atoms with van der Waals surface area (Å²) < 4.78 is 24.7. The van der Waals surface area contributed by atoms with Crippen LogP contribution in [0.15, 0.2) is 18.2 Å². The highest BCUT2D eigenvalue weighted by atomic mass is 35.5. The summed E-state index contributed by atoms with van der Waals surface area (Å²) in [6.07, 6.45) is -2.51. The monoisotopic (exact) mass is 232 g/mol. The van der Waals surface area contributed by atoms with E-state index in [4.69, 9.17) is 11.6 Å². The molecule has 0 aliphatic carbocycles. The highest BCUT2D eigenvalue weighted by Gasteiger charge is 2.16. The Morgan fingerprint density at radius 1 is 1.40 bits per heavy atom. The van der Waals surface area contributed by atoms with E-state index in [0.717, 1.165) is 0 Å². The summed E-state index contributed by atoms with van der Waals surface area (Å²) in [6.45, 7) is 3.18. The Hall–Kier alpha value is -0.960. The van der Waals surface area contributed by atoms with E-state index < -0.39 is 11.8 Å². The summed E-state index contributed by atoms with van der Waals surface area (Å²) in [5.41, 5.74) is 0.860. The van der Waals surface area contributed by atoms with Gasteiger partial charge in [0.05, 0.1) is 5.38 Å². The molecule has 0 aliphatic heterocycles. The van der Waals surface area contributed by atoms with Crippen LogP contribution < -0.4 is 0 Å². The molecule has 82 valence electrons. The van der Waals surface area contributed by atoms with Gasteiger partial charge in [-0.05, 0) is 25.5 Å². The maximum Gasteiger partial charge on any atom is 0.263 e. The van der Waals surface area contributed by atoms with Gasteiger partial charge in [-0.1, -0.05) is 12.1 Å². The van der Waals surface area contributed by atoms with E-state index in [1.54, 1.807) is 13.8 Å². The van der Waals surface area contributed by atoms with Gasteiger partial charge in [0.15, 0.2) is 5.78 Å². The van der Waals surface area contributed by atoms with Gasteiger partial charge in [0.1, 0.15) is 0 Å². The van der Waals surface area contributed by atoms with Crippen LogP contribution >= 0.6 is 11.6 Å². The zero-order valence-electron chi connectivity index (χ0n) is 8.43. The molecule has 0 bridgehead atoms. The summed E-state index contributed by atoms with van der Waals surface area (Å²) in [6, 6.07) is 3.97.